The number of nitrogens with zero attached hydrogens (tertiary/aromatic N) is 2. The van der Waals surface area contributed by atoms with Gasteiger partial charge in [0.15, 0.2) is 0 Å². The average molecular weight is 213 g/mol. The van der Waals surface area contributed by atoms with Crippen molar-refractivity contribution >= 4 is 5.95 Å². The first kappa shape index (κ1) is 9.46. The number of imidazole rings is 1. The minimum atomic E-state index is 1.00. The van der Waals surface area contributed by atoms with Gasteiger partial charge in [0.2, 0.25) is 5.95 Å². The summed E-state index contributed by atoms with van der Waals surface area (Å²) in [5.41, 5.74) is 3.53. The fourth-order valence-corrected chi connectivity index (χ4v) is 2.04. The smallest absolute Gasteiger partial charge is 0.203 e. The molecule has 0 unspecified atom stereocenters. The van der Waals surface area contributed by atoms with Gasteiger partial charge >= 0.3 is 0 Å². The predicted molar refractivity (Wildman–Crippen MR) is 65.5 cm³/mol. The van der Waals surface area contributed by atoms with E-state index in [0.717, 1.165) is 24.7 Å². The lowest BCUT2D eigenvalue weighted by Gasteiger charge is -2.14. The minimum absolute atomic E-state index is 1.00. The van der Waals surface area contributed by atoms with Crippen LogP contribution in [0.3, 0.4) is 0 Å². The van der Waals surface area contributed by atoms with Gasteiger partial charge in [-0.25, -0.2) is 4.98 Å². The molecule has 0 aliphatic carbocycles. The van der Waals surface area contributed by atoms with Gasteiger partial charge in [-0.1, -0.05) is 29.8 Å². The van der Waals surface area contributed by atoms with Gasteiger partial charge in [-0.2, -0.15) is 0 Å². The molecular formula is C13H15N3. The minimum Gasteiger partial charge on any atom is -0.356 e. The Labute approximate surface area is 95.1 Å². The molecule has 1 aromatic heterocycles. The average Bonchev–Trinajstić information content (AvgIpc) is 2.73. The lowest BCUT2D eigenvalue weighted by atomic mass is 10.1. The van der Waals surface area contributed by atoms with Gasteiger partial charge < -0.3 is 9.88 Å². The number of benzene rings is 1. The summed E-state index contributed by atoms with van der Waals surface area (Å²) in [6.07, 6.45) is 3.31. The highest BCUT2D eigenvalue weighted by Crippen LogP contribution is 2.23. The van der Waals surface area contributed by atoms with Crippen molar-refractivity contribution in [1.82, 2.24) is 9.55 Å². The topological polar surface area (TPSA) is 29.9 Å². The Hall–Kier alpha value is -1.77. The van der Waals surface area contributed by atoms with Gasteiger partial charge in [0.25, 0.3) is 0 Å². The zero-order valence-electron chi connectivity index (χ0n) is 9.40. The van der Waals surface area contributed by atoms with Crippen LogP contribution in [0.5, 0.6) is 0 Å². The molecule has 0 atom stereocenters. The van der Waals surface area contributed by atoms with Crippen molar-refractivity contribution in [1.29, 1.82) is 0 Å². The third-order valence-corrected chi connectivity index (χ3v) is 2.98. The van der Waals surface area contributed by atoms with E-state index in [4.69, 9.17) is 0 Å². The maximum absolute atomic E-state index is 4.60. The molecule has 1 aromatic carbocycles. The molecule has 1 aliphatic rings. The van der Waals surface area contributed by atoms with Gasteiger partial charge in [-0.15, -0.1) is 0 Å². The molecule has 0 amide bonds. The molecule has 0 saturated heterocycles. The first-order valence-corrected chi connectivity index (χ1v) is 5.71. The highest BCUT2D eigenvalue weighted by atomic mass is 15.2. The van der Waals surface area contributed by atoms with Gasteiger partial charge in [-0.05, 0) is 13.3 Å². The summed E-state index contributed by atoms with van der Waals surface area (Å²) in [7, 11) is 0. The van der Waals surface area contributed by atoms with E-state index < -0.39 is 0 Å². The number of anilines is 1. The Bertz CT molecular complexity index is 473. The fourth-order valence-electron chi connectivity index (χ4n) is 2.04. The number of aryl methyl sites for hydroxylation is 2. The number of hydrogen-bond donors (Lipinski definition) is 1. The van der Waals surface area contributed by atoms with Crippen molar-refractivity contribution in [3.05, 3.63) is 36.0 Å². The Morgan fingerprint density at radius 2 is 2.06 bits per heavy atom. The summed E-state index contributed by atoms with van der Waals surface area (Å²) in [6, 6.07) is 8.51. The van der Waals surface area contributed by atoms with Crippen LogP contribution in [0.1, 0.15) is 12.0 Å². The lowest BCUT2D eigenvalue weighted by molar-refractivity contribution is 0.627. The van der Waals surface area contributed by atoms with Crippen LogP contribution in [0, 0.1) is 6.92 Å². The van der Waals surface area contributed by atoms with E-state index in [0.29, 0.717) is 0 Å². The standard InChI is InChI=1S/C13H15N3/c1-10-3-5-11(6-4-10)12-9-16-8-2-7-14-13(16)15-12/h3-6,9H,2,7-8H2,1H3,(H,14,15). The Kier molecular flexibility index (Phi) is 2.17. The molecule has 1 aliphatic heterocycles. The van der Waals surface area contributed by atoms with E-state index >= 15 is 0 Å². The number of hydrogen-bond acceptors (Lipinski definition) is 2. The van der Waals surface area contributed by atoms with E-state index in [1.54, 1.807) is 0 Å². The van der Waals surface area contributed by atoms with Crippen molar-refractivity contribution in [2.24, 2.45) is 0 Å². The van der Waals surface area contributed by atoms with Crippen LogP contribution in [-0.2, 0) is 6.54 Å². The molecule has 0 bridgehead atoms. The molecule has 1 N–H and O–H groups in total. The van der Waals surface area contributed by atoms with Gasteiger partial charge in [0, 0.05) is 24.8 Å². The second-order valence-electron chi connectivity index (χ2n) is 4.29. The van der Waals surface area contributed by atoms with Crippen LogP contribution >= 0.6 is 0 Å². The summed E-state index contributed by atoms with van der Waals surface area (Å²) < 4.78 is 2.19. The highest BCUT2D eigenvalue weighted by molar-refractivity contribution is 5.61. The van der Waals surface area contributed by atoms with Crippen molar-refractivity contribution in [3.63, 3.8) is 0 Å². The summed E-state index contributed by atoms with van der Waals surface area (Å²) in [5.74, 6) is 1.00. The first-order valence-electron chi connectivity index (χ1n) is 5.71. The van der Waals surface area contributed by atoms with Gasteiger partial charge in [0.1, 0.15) is 0 Å². The molecule has 3 nitrogen and oxygen atoms in total. The van der Waals surface area contributed by atoms with E-state index in [-0.39, 0.29) is 0 Å². The van der Waals surface area contributed by atoms with Crippen LogP contribution in [0.2, 0.25) is 0 Å². The third kappa shape index (κ3) is 1.58. The van der Waals surface area contributed by atoms with Crippen molar-refractivity contribution in [2.45, 2.75) is 19.9 Å². The summed E-state index contributed by atoms with van der Waals surface area (Å²) >= 11 is 0. The molecule has 16 heavy (non-hydrogen) atoms. The Morgan fingerprint density at radius 3 is 2.81 bits per heavy atom. The normalized spacial score (nSPS) is 14.3. The van der Waals surface area contributed by atoms with E-state index in [2.05, 4.69) is 52.3 Å². The fraction of sp³-hybridized carbons (Fsp3) is 0.308. The highest BCUT2D eigenvalue weighted by Gasteiger charge is 2.12. The summed E-state index contributed by atoms with van der Waals surface area (Å²) in [4.78, 5) is 4.60. The maximum Gasteiger partial charge on any atom is 0.203 e. The molecule has 2 heterocycles. The van der Waals surface area contributed by atoms with E-state index in [1.807, 2.05) is 0 Å². The first-order chi connectivity index (χ1) is 7.83. The SMILES string of the molecule is Cc1ccc(-c2cn3c(n2)NCCC3)cc1. The second-order valence-corrected chi connectivity index (χ2v) is 4.29. The molecule has 0 saturated carbocycles. The number of rotatable bonds is 1. The van der Waals surface area contributed by atoms with E-state index in [9.17, 15) is 0 Å². The molecular weight excluding hydrogens is 198 g/mol. The second kappa shape index (κ2) is 3.67. The molecule has 2 aromatic rings. The maximum atomic E-state index is 4.60. The van der Waals surface area contributed by atoms with E-state index in [1.165, 1.54) is 17.5 Å². The van der Waals surface area contributed by atoms with Crippen LogP contribution < -0.4 is 5.32 Å². The number of nitrogens with one attached hydrogen (secondary N) is 1. The van der Waals surface area contributed by atoms with Crippen LogP contribution in [0.15, 0.2) is 30.5 Å². The quantitative estimate of drug-likeness (QED) is 0.789. The van der Waals surface area contributed by atoms with Crippen molar-refractivity contribution in [2.75, 3.05) is 11.9 Å². The van der Waals surface area contributed by atoms with Crippen LogP contribution in [0.25, 0.3) is 11.3 Å². The molecule has 82 valence electrons. The zero-order valence-corrected chi connectivity index (χ0v) is 9.40. The number of fused-ring (bicyclic) bond motifs is 1. The van der Waals surface area contributed by atoms with Crippen molar-refractivity contribution < 1.29 is 0 Å². The molecule has 0 spiro atoms. The van der Waals surface area contributed by atoms with Crippen molar-refractivity contribution in [3.8, 4) is 11.3 Å². The zero-order chi connectivity index (χ0) is 11.0. The Morgan fingerprint density at radius 1 is 1.25 bits per heavy atom. The Balaban J connectivity index is 2.00. The number of aromatic nitrogens is 2. The third-order valence-electron chi connectivity index (χ3n) is 2.98. The molecule has 0 fully saturated rings. The monoisotopic (exact) mass is 213 g/mol. The molecule has 0 radical (unpaired) electrons. The predicted octanol–water partition coefficient (Wildman–Crippen LogP) is 2.67. The van der Waals surface area contributed by atoms with Gasteiger partial charge in [0.05, 0.1) is 5.69 Å². The molecule has 3 rings (SSSR count). The summed E-state index contributed by atoms with van der Waals surface area (Å²) in [5, 5.41) is 3.32. The molecule has 3 heteroatoms. The largest absolute Gasteiger partial charge is 0.356 e. The van der Waals surface area contributed by atoms with Gasteiger partial charge in [-0.3, -0.25) is 0 Å². The lowest BCUT2D eigenvalue weighted by Crippen LogP contribution is -2.16. The summed E-state index contributed by atoms with van der Waals surface area (Å²) in [6.45, 7) is 4.20. The van der Waals surface area contributed by atoms with Crippen LogP contribution in [-0.4, -0.2) is 16.1 Å². The van der Waals surface area contributed by atoms with Crippen LogP contribution in [0.4, 0.5) is 5.95 Å².